The monoisotopic (exact) mass is 408 g/mol. The fraction of sp³-hybridized carbons (Fsp3) is 0.304. The van der Waals surface area contributed by atoms with E-state index in [1.165, 1.54) is 19.1 Å². The molecule has 7 heteroatoms. The van der Waals surface area contributed by atoms with Crippen molar-refractivity contribution in [2.24, 2.45) is 0 Å². The molecule has 0 fully saturated rings. The molecule has 1 aliphatic rings. The van der Waals surface area contributed by atoms with Gasteiger partial charge in [0, 0.05) is 5.69 Å². The summed E-state index contributed by atoms with van der Waals surface area (Å²) in [5.74, 6) is -2.15. The Morgan fingerprint density at radius 3 is 2.13 bits per heavy atom. The number of benzene rings is 2. The Hall–Kier alpha value is -3.48. The first kappa shape index (κ1) is 21.2. The maximum Gasteiger partial charge on any atom is 0.329 e. The summed E-state index contributed by atoms with van der Waals surface area (Å²) in [6.07, 6.45) is 0.916. The van der Waals surface area contributed by atoms with Crippen LogP contribution in [0.2, 0.25) is 0 Å². The normalized spacial score (nSPS) is 14.8. The number of amides is 3. The number of nitrogens with one attached hydrogen (secondary N) is 1. The van der Waals surface area contributed by atoms with Gasteiger partial charge in [-0.15, -0.1) is 0 Å². The van der Waals surface area contributed by atoms with Gasteiger partial charge >= 0.3 is 5.97 Å². The van der Waals surface area contributed by atoms with Crippen molar-refractivity contribution in [3.63, 3.8) is 0 Å². The summed E-state index contributed by atoms with van der Waals surface area (Å²) in [7, 11) is 0. The third-order valence-corrected chi connectivity index (χ3v) is 5.28. The lowest BCUT2D eigenvalue weighted by molar-refractivity contribution is -0.150. The second kappa shape index (κ2) is 8.90. The van der Waals surface area contributed by atoms with Crippen LogP contribution < -0.4 is 5.32 Å². The Morgan fingerprint density at radius 1 is 0.967 bits per heavy atom. The molecule has 2 aromatic carbocycles. The molecule has 0 bridgehead atoms. The van der Waals surface area contributed by atoms with Crippen LogP contribution in [0.15, 0.2) is 48.5 Å². The van der Waals surface area contributed by atoms with Crippen molar-refractivity contribution in [3.05, 3.63) is 65.2 Å². The summed E-state index contributed by atoms with van der Waals surface area (Å²) < 4.78 is 5.08. The molecule has 30 heavy (non-hydrogen) atoms. The van der Waals surface area contributed by atoms with Crippen molar-refractivity contribution < 1.29 is 23.9 Å². The molecule has 2 atom stereocenters. The Balaban J connectivity index is 1.61. The number of para-hydroxylation sites is 1. The van der Waals surface area contributed by atoms with Gasteiger partial charge in [-0.1, -0.05) is 44.2 Å². The predicted molar refractivity (Wildman–Crippen MR) is 111 cm³/mol. The van der Waals surface area contributed by atoms with E-state index in [2.05, 4.69) is 19.2 Å². The second-order valence-corrected chi connectivity index (χ2v) is 7.25. The Labute approximate surface area is 175 Å². The van der Waals surface area contributed by atoms with E-state index < -0.39 is 36.3 Å². The van der Waals surface area contributed by atoms with Gasteiger partial charge in [0.1, 0.15) is 6.04 Å². The molecule has 0 saturated carbocycles. The fourth-order valence-corrected chi connectivity index (χ4v) is 3.37. The Kier molecular flexibility index (Phi) is 6.30. The second-order valence-electron chi connectivity index (χ2n) is 7.25. The van der Waals surface area contributed by atoms with Crippen molar-refractivity contribution in [2.75, 3.05) is 11.9 Å². The quantitative estimate of drug-likeness (QED) is 0.560. The van der Waals surface area contributed by atoms with Gasteiger partial charge in [0.05, 0.1) is 11.1 Å². The molecule has 0 saturated heterocycles. The molecule has 7 nitrogen and oxygen atoms in total. The molecule has 156 valence electrons. The van der Waals surface area contributed by atoms with E-state index in [1.54, 1.807) is 18.2 Å². The average Bonchev–Trinajstić information content (AvgIpc) is 3.01. The first-order valence-corrected chi connectivity index (χ1v) is 9.87. The van der Waals surface area contributed by atoms with Gasteiger partial charge in [0.2, 0.25) is 0 Å². The van der Waals surface area contributed by atoms with Gasteiger partial charge in [-0.2, -0.15) is 0 Å². The van der Waals surface area contributed by atoms with Gasteiger partial charge in [-0.05, 0) is 43.0 Å². The van der Waals surface area contributed by atoms with Crippen LogP contribution in [0.3, 0.4) is 0 Å². The topological polar surface area (TPSA) is 92.8 Å². The Bertz CT molecular complexity index is 966. The van der Waals surface area contributed by atoms with Crippen molar-refractivity contribution in [1.29, 1.82) is 0 Å². The molecular weight excluding hydrogens is 384 g/mol. The highest BCUT2D eigenvalue weighted by molar-refractivity contribution is 6.22. The highest BCUT2D eigenvalue weighted by Crippen LogP contribution is 2.27. The van der Waals surface area contributed by atoms with E-state index in [0.29, 0.717) is 5.69 Å². The summed E-state index contributed by atoms with van der Waals surface area (Å²) in [5, 5.41) is 2.76. The van der Waals surface area contributed by atoms with Crippen LogP contribution in [0.1, 0.15) is 59.4 Å². The number of esters is 1. The van der Waals surface area contributed by atoms with Crippen molar-refractivity contribution in [2.45, 2.75) is 39.2 Å². The Morgan fingerprint density at radius 2 is 1.53 bits per heavy atom. The SMILES string of the molecule is CC[C@H](C)c1ccccc1NC(=O)COC(=O)[C@H](C)N1C(=O)c2ccccc2C1=O. The van der Waals surface area contributed by atoms with Crippen LogP contribution in [0.25, 0.3) is 0 Å². The summed E-state index contributed by atoms with van der Waals surface area (Å²) in [6, 6.07) is 12.7. The number of ether oxygens (including phenoxy) is 1. The number of anilines is 1. The van der Waals surface area contributed by atoms with E-state index in [4.69, 9.17) is 4.74 Å². The molecule has 3 rings (SSSR count). The molecule has 0 unspecified atom stereocenters. The zero-order chi connectivity index (χ0) is 21.8. The summed E-state index contributed by atoms with van der Waals surface area (Å²) in [4.78, 5) is 50.5. The zero-order valence-electron chi connectivity index (χ0n) is 17.2. The van der Waals surface area contributed by atoms with Crippen molar-refractivity contribution in [1.82, 2.24) is 4.90 Å². The highest BCUT2D eigenvalue weighted by atomic mass is 16.5. The van der Waals surface area contributed by atoms with Gasteiger partial charge in [-0.3, -0.25) is 19.3 Å². The van der Waals surface area contributed by atoms with Gasteiger partial charge in [0.15, 0.2) is 6.61 Å². The first-order chi connectivity index (χ1) is 14.3. The van der Waals surface area contributed by atoms with Crippen LogP contribution in [-0.2, 0) is 14.3 Å². The molecule has 1 aliphatic heterocycles. The van der Waals surface area contributed by atoms with Crippen LogP contribution in [0.4, 0.5) is 5.69 Å². The maximum atomic E-state index is 12.5. The van der Waals surface area contributed by atoms with E-state index >= 15 is 0 Å². The predicted octanol–water partition coefficient (Wildman–Crippen LogP) is 3.37. The van der Waals surface area contributed by atoms with Crippen LogP contribution >= 0.6 is 0 Å². The largest absolute Gasteiger partial charge is 0.454 e. The van der Waals surface area contributed by atoms with Gasteiger partial charge in [0.25, 0.3) is 17.7 Å². The van der Waals surface area contributed by atoms with Crippen molar-refractivity contribution in [3.8, 4) is 0 Å². The minimum Gasteiger partial charge on any atom is -0.454 e. The lowest BCUT2D eigenvalue weighted by Crippen LogP contribution is -2.44. The minimum atomic E-state index is -1.14. The first-order valence-electron chi connectivity index (χ1n) is 9.87. The number of carbonyl (C=O) groups is 4. The lowest BCUT2D eigenvalue weighted by atomic mass is 9.97. The lowest BCUT2D eigenvalue weighted by Gasteiger charge is -2.21. The maximum absolute atomic E-state index is 12.5. The van der Waals surface area contributed by atoms with Crippen LogP contribution in [-0.4, -0.2) is 41.2 Å². The molecule has 0 aromatic heterocycles. The molecule has 3 amide bonds. The minimum absolute atomic E-state index is 0.251. The van der Waals surface area contributed by atoms with Crippen LogP contribution in [0, 0.1) is 0 Å². The standard InChI is InChI=1S/C23H24N2O5/c1-4-14(2)16-9-7-8-12-19(16)24-20(26)13-30-23(29)15(3)25-21(27)17-10-5-6-11-18(17)22(25)28/h5-12,14-15H,4,13H2,1-3H3,(H,24,26)/t14-,15-/m0/s1. The number of rotatable bonds is 7. The fourth-order valence-electron chi connectivity index (χ4n) is 3.37. The number of fused-ring (bicyclic) bond motifs is 1. The third-order valence-electron chi connectivity index (χ3n) is 5.28. The molecule has 0 radical (unpaired) electrons. The van der Waals surface area contributed by atoms with E-state index in [9.17, 15) is 19.2 Å². The van der Waals surface area contributed by atoms with E-state index in [-0.39, 0.29) is 17.0 Å². The number of imide groups is 1. The molecule has 0 aliphatic carbocycles. The number of hydrogen-bond acceptors (Lipinski definition) is 5. The summed E-state index contributed by atoms with van der Waals surface area (Å²) in [6.45, 7) is 5.02. The van der Waals surface area contributed by atoms with Gasteiger partial charge < -0.3 is 10.1 Å². The number of nitrogens with zero attached hydrogens (tertiary/aromatic N) is 1. The van der Waals surface area contributed by atoms with E-state index in [0.717, 1.165) is 16.9 Å². The molecular formula is C23H24N2O5. The van der Waals surface area contributed by atoms with Gasteiger partial charge in [-0.25, -0.2) is 4.79 Å². The zero-order valence-corrected chi connectivity index (χ0v) is 17.2. The molecule has 1 heterocycles. The molecule has 2 aromatic rings. The summed E-state index contributed by atoms with van der Waals surface area (Å²) in [5.41, 5.74) is 2.17. The molecule has 0 spiro atoms. The van der Waals surface area contributed by atoms with E-state index in [1.807, 2.05) is 18.2 Å². The smallest absolute Gasteiger partial charge is 0.329 e. The highest BCUT2D eigenvalue weighted by Gasteiger charge is 2.41. The third kappa shape index (κ3) is 4.10. The number of carbonyl (C=O) groups excluding carboxylic acids is 4. The average molecular weight is 408 g/mol. The molecule has 1 N–H and O–H groups in total. The number of hydrogen-bond donors (Lipinski definition) is 1. The van der Waals surface area contributed by atoms with Crippen LogP contribution in [0.5, 0.6) is 0 Å². The summed E-state index contributed by atoms with van der Waals surface area (Å²) >= 11 is 0. The van der Waals surface area contributed by atoms with Crippen molar-refractivity contribution >= 4 is 29.4 Å².